The zero-order chi connectivity index (χ0) is 18.3. The molecule has 0 fully saturated rings. The Bertz CT molecular complexity index is 581. The molecule has 1 aromatic rings. The predicted molar refractivity (Wildman–Crippen MR) is 95.6 cm³/mol. The Morgan fingerprint density at radius 3 is 2.50 bits per heavy atom. The second-order valence-corrected chi connectivity index (χ2v) is 6.66. The number of hydrogen-bond donors (Lipinski definition) is 3. The minimum Gasteiger partial charge on any atom is -0.393 e. The molecule has 24 heavy (non-hydrogen) atoms. The number of halogens is 2. The van der Waals surface area contributed by atoms with Gasteiger partial charge in [-0.3, -0.25) is 9.59 Å². The van der Waals surface area contributed by atoms with Gasteiger partial charge in [0.15, 0.2) is 0 Å². The van der Waals surface area contributed by atoms with E-state index in [1.54, 1.807) is 25.5 Å². The number of carbonyl (C=O) groups excluding carboxylic acids is 2. The number of rotatable bonds is 9. The first-order valence-electron chi connectivity index (χ1n) is 7.70. The van der Waals surface area contributed by atoms with E-state index in [1.807, 2.05) is 6.07 Å². The summed E-state index contributed by atoms with van der Waals surface area (Å²) in [4.78, 5) is 23.1. The monoisotopic (exact) mass is 373 g/mol. The van der Waals surface area contributed by atoms with Gasteiger partial charge in [-0.05, 0) is 43.4 Å². The van der Waals surface area contributed by atoms with E-state index in [4.69, 9.17) is 28.9 Å². The van der Waals surface area contributed by atoms with Gasteiger partial charge < -0.3 is 16.2 Å². The van der Waals surface area contributed by atoms with Gasteiger partial charge in [-0.15, -0.1) is 0 Å². The van der Waals surface area contributed by atoms with Crippen molar-refractivity contribution >= 4 is 35.0 Å². The number of nitrogens with two attached hydrogens (primary N) is 1. The van der Waals surface area contributed by atoms with Gasteiger partial charge in [0.1, 0.15) is 0 Å². The highest BCUT2D eigenvalue weighted by atomic mass is 35.5. The molecule has 7 heteroatoms. The third-order valence-electron chi connectivity index (χ3n) is 3.88. The summed E-state index contributed by atoms with van der Waals surface area (Å²) in [6, 6.07) is 5.25. The van der Waals surface area contributed by atoms with Crippen LogP contribution in [0, 0.1) is 18.3 Å². The third-order valence-corrected chi connectivity index (χ3v) is 4.62. The maximum absolute atomic E-state index is 11.9. The van der Waals surface area contributed by atoms with Crippen molar-refractivity contribution < 1.29 is 14.7 Å². The number of primary amides is 1. The van der Waals surface area contributed by atoms with Gasteiger partial charge in [0.05, 0.1) is 16.1 Å². The fraction of sp³-hybridized carbons (Fsp3) is 0.471. The summed E-state index contributed by atoms with van der Waals surface area (Å²) < 4.78 is 0. The molecule has 0 aliphatic rings. The zero-order valence-electron chi connectivity index (χ0n) is 13.8. The summed E-state index contributed by atoms with van der Waals surface area (Å²) in [5.74, 6) is -1.60. The van der Waals surface area contributed by atoms with E-state index in [1.165, 1.54) is 7.05 Å². The molecule has 3 atom stereocenters. The highest BCUT2D eigenvalue weighted by molar-refractivity contribution is 6.42. The van der Waals surface area contributed by atoms with Crippen LogP contribution in [-0.2, 0) is 16.0 Å². The Kier molecular flexibility index (Phi) is 8.53. The van der Waals surface area contributed by atoms with Crippen LogP contribution in [0.2, 0.25) is 10.0 Å². The number of hydrogen-bond acceptors (Lipinski definition) is 3. The summed E-state index contributed by atoms with van der Waals surface area (Å²) in [5, 5.41) is 13.7. The van der Waals surface area contributed by atoms with Gasteiger partial charge in [0.25, 0.3) is 0 Å². The highest BCUT2D eigenvalue weighted by Crippen LogP contribution is 2.24. The largest absolute Gasteiger partial charge is 0.393 e. The molecule has 0 spiro atoms. The fourth-order valence-corrected chi connectivity index (χ4v) is 2.70. The first kappa shape index (κ1) is 20.7. The molecule has 0 bridgehead atoms. The van der Waals surface area contributed by atoms with E-state index in [-0.39, 0.29) is 12.3 Å². The van der Waals surface area contributed by atoms with Crippen molar-refractivity contribution in [2.75, 3.05) is 7.05 Å². The molecule has 5 nitrogen and oxygen atoms in total. The van der Waals surface area contributed by atoms with Crippen molar-refractivity contribution in [3.8, 4) is 0 Å². The average molecular weight is 374 g/mol. The predicted octanol–water partition coefficient (Wildman–Crippen LogP) is 2.36. The van der Waals surface area contributed by atoms with Crippen LogP contribution in [0.25, 0.3) is 0 Å². The normalized spacial score (nSPS) is 14.7. The van der Waals surface area contributed by atoms with Gasteiger partial charge in [0.2, 0.25) is 11.8 Å². The van der Waals surface area contributed by atoms with Crippen LogP contribution in [0.15, 0.2) is 18.2 Å². The van der Waals surface area contributed by atoms with Crippen LogP contribution >= 0.6 is 23.2 Å². The summed E-state index contributed by atoms with van der Waals surface area (Å²) in [5.41, 5.74) is 6.16. The molecule has 1 aromatic carbocycles. The second-order valence-electron chi connectivity index (χ2n) is 5.84. The highest BCUT2D eigenvalue weighted by Gasteiger charge is 2.25. The molecule has 4 N–H and O–H groups in total. The Morgan fingerprint density at radius 1 is 1.29 bits per heavy atom. The van der Waals surface area contributed by atoms with E-state index in [2.05, 4.69) is 5.32 Å². The number of amides is 2. The first-order valence-corrected chi connectivity index (χ1v) is 8.46. The number of aliphatic hydroxyl groups is 1. The number of carbonyl (C=O) groups is 2. The van der Waals surface area contributed by atoms with Gasteiger partial charge >= 0.3 is 0 Å². The summed E-state index contributed by atoms with van der Waals surface area (Å²) in [7, 11) is 1.52. The van der Waals surface area contributed by atoms with Crippen LogP contribution in [0.1, 0.15) is 25.3 Å². The van der Waals surface area contributed by atoms with E-state index in [0.29, 0.717) is 22.9 Å². The molecule has 0 heterocycles. The maximum Gasteiger partial charge on any atom is 0.222 e. The van der Waals surface area contributed by atoms with Gasteiger partial charge in [-0.2, -0.15) is 0 Å². The lowest BCUT2D eigenvalue weighted by molar-refractivity contribution is -0.127. The molecular weight excluding hydrogens is 351 g/mol. The number of benzene rings is 1. The minimum atomic E-state index is -0.790. The molecule has 1 unspecified atom stereocenters. The van der Waals surface area contributed by atoms with Crippen molar-refractivity contribution in [3.05, 3.63) is 40.2 Å². The average Bonchev–Trinajstić information content (AvgIpc) is 2.54. The Labute approximate surface area is 152 Å². The van der Waals surface area contributed by atoms with Crippen molar-refractivity contribution in [1.29, 1.82) is 0 Å². The lowest BCUT2D eigenvalue weighted by Crippen LogP contribution is -2.34. The summed E-state index contributed by atoms with van der Waals surface area (Å²) >= 11 is 11.8. The second kappa shape index (κ2) is 9.87. The Morgan fingerprint density at radius 2 is 1.96 bits per heavy atom. The molecule has 0 aromatic heterocycles. The quantitative estimate of drug-likeness (QED) is 0.620. The van der Waals surface area contributed by atoms with Crippen LogP contribution in [0.3, 0.4) is 0 Å². The Hall–Kier alpha value is -1.30. The van der Waals surface area contributed by atoms with E-state index >= 15 is 0 Å². The molecule has 0 aliphatic carbocycles. The molecular formula is C17H23Cl2N2O3. The van der Waals surface area contributed by atoms with Crippen LogP contribution < -0.4 is 11.1 Å². The molecule has 2 amide bonds. The summed E-state index contributed by atoms with van der Waals surface area (Å²) in [6.07, 6.45) is 1.92. The smallest absolute Gasteiger partial charge is 0.222 e. The first-order chi connectivity index (χ1) is 11.2. The van der Waals surface area contributed by atoms with E-state index in [0.717, 1.165) is 5.56 Å². The maximum atomic E-state index is 11.9. The lowest BCUT2D eigenvalue weighted by Gasteiger charge is -2.21. The fourth-order valence-electron chi connectivity index (χ4n) is 2.38. The molecule has 0 aliphatic heterocycles. The standard InChI is InChI=1S/C17H23Cl2N2O3/c1-10(16(20)23)7-12(17(24)21-2)9-13(22)5-3-11-4-6-14(18)15(19)8-11/h4-6,8,10,12-13,22H,3,7,9H2,1-2H3,(H2,20,23)(H,21,24)/t10?,12-,13+/m1/s1. The number of aliphatic hydroxyl groups excluding tert-OH is 1. The van der Waals surface area contributed by atoms with E-state index in [9.17, 15) is 14.7 Å². The molecule has 0 saturated carbocycles. The van der Waals surface area contributed by atoms with Crippen LogP contribution in [0.4, 0.5) is 0 Å². The summed E-state index contributed by atoms with van der Waals surface area (Å²) in [6.45, 7) is 1.67. The Balaban J connectivity index is 2.60. The zero-order valence-corrected chi connectivity index (χ0v) is 15.3. The van der Waals surface area contributed by atoms with Crippen molar-refractivity contribution in [1.82, 2.24) is 5.32 Å². The lowest BCUT2D eigenvalue weighted by atomic mass is 9.88. The van der Waals surface area contributed by atoms with E-state index < -0.39 is 23.8 Å². The molecule has 0 saturated heterocycles. The van der Waals surface area contributed by atoms with Crippen molar-refractivity contribution in [2.24, 2.45) is 17.6 Å². The molecule has 1 rings (SSSR count). The molecule has 1 radical (unpaired) electrons. The SMILES string of the molecule is CNC(=O)[C@H](CC(C)C(N)=O)C[C@@H](O)[CH]Cc1ccc(Cl)c(Cl)c1. The topological polar surface area (TPSA) is 92.4 Å². The third kappa shape index (κ3) is 6.67. The van der Waals surface area contributed by atoms with Crippen molar-refractivity contribution in [3.63, 3.8) is 0 Å². The van der Waals surface area contributed by atoms with Crippen molar-refractivity contribution in [2.45, 2.75) is 32.3 Å². The van der Waals surface area contributed by atoms with Crippen LogP contribution in [-0.4, -0.2) is 30.1 Å². The van der Waals surface area contributed by atoms with Gasteiger partial charge in [-0.1, -0.05) is 36.2 Å². The van der Waals surface area contributed by atoms with Crippen LogP contribution in [0.5, 0.6) is 0 Å². The van der Waals surface area contributed by atoms with Gasteiger partial charge in [-0.25, -0.2) is 0 Å². The van der Waals surface area contributed by atoms with Gasteiger partial charge in [0, 0.05) is 18.9 Å². The minimum absolute atomic E-state index is 0.218. The number of nitrogens with one attached hydrogen (secondary N) is 1. The molecule has 133 valence electrons.